The summed E-state index contributed by atoms with van der Waals surface area (Å²) >= 11 is 1.26. The Morgan fingerprint density at radius 1 is 1.12 bits per heavy atom. The van der Waals surface area contributed by atoms with Crippen LogP contribution in [0.4, 0.5) is 0 Å². The molecule has 0 saturated heterocycles. The van der Waals surface area contributed by atoms with Gasteiger partial charge in [-0.25, -0.2) is 0 Å². The maximum atomic E-state index is 12.3. The van der Waals surface area contributed by atoms with E-state index in [1.165, 1.54) is 17.3 Å². The molecule has 3 rings (SSSR count). The molecular formula is C20H21N3O2S. The number of aromatic nitrogens is 2. The van der Waals surface area contributed by atoms with Crippen LogP contribution in [-0.2, 0) is 11.3 Å². The summed E-state index contributed by atoms with van der Waals surface area (Å²) in [5.74, 6) is 0.398. The maximum Gasteiger partial charge on any atom is 0.277 e. The van der Waals surface area contributed by atoms with Crippen molar-refractivity contribution in [2.24, 2.45) is 0 Å². The largest absolute Gasteiger partial charge is 0.411 e. The van der Waals surface area contributed by atoms with Gasteiger partial charge in [0, 0.05) is 12.1 Å². The minimum atomic E-state index is -0.328. The molecule has 0 aliphatic heterocycles. The fraction of sp³-hybridized carbons (Fsp3) is 0.250. The van der Waals surface area contributed by atoms with Crippen LogP contribution in [0, 0.1) is 13.8 Å². The van der Waals surface area contributed by atoms with Crippen LogP contribution in [-0.4, -0.2) is 21.4 Å². The Balaban J connectivity index is 1.56. The molecule has 2 aromatic carbocycles. The predicted molar refractivity (Wildman–Crippen MR) is 103 cm³/mol. The van der Waals surface area contributed by atoms with E-state index in [9.17, 15) is 4.79 Å². The highest BCUT2D eigenvalue weighted by atomic mass is 32.2. The first-order valence-corrected chi connectivity index (χ1v) is 9.29. The molecule has 0 bridgehead atoms. The zero-order chi connectivity index (χ0) is 18.5. The third kappa shape index (κ3) is 4.73. The molecule has 1 amide bonds. The average molecular weight is 367 g/mol. The van der Waals surface area contributed by atoms with E-state index in [1.807, 2.05) is 69.3 Å². The summed E-state index contributed by atoms with van der Waals surface area (Å²) in [4.78, 5) is 12.3. The molecule has 1 N–H and O–H groups in total. The topological polar surface area (TPSA) is 68.0 Å². The first-order valence-electron chi connectivity index (χ1n) is 8.42. The monoisotopic (exact) mass is 367 g/mol. The number of hydrogen-bond donors (Lipinski definition) is 1. The van der Waals surface area contributed by atoms with Crippen molar-refractivity contribution in [1.82, 2.24) is 15.5 Å². The molecule has 6 heteroatoms. The Kier molecular flexibility index (Phi) is 5.73. The normalized spacial score (nSPS) is 12.0. The molecule has 0 aliphatic rings. The third-order valence-electron chi connectivity index (χ3n) is 3.91. The Labute approximate surface area is 157 Å². The molecule has 1 aromatic heterocycles. The Bertz CT molecular complexity index is 890. The maximum absolute atomic E-state index is 12.3. The van der Waals surface area contributed by atoms with Crippen molar-refractivity contribution in [3.05, 3.63) is 65.2 Å². The van der Waals surface area contributed by atoms with Crippen LogP contribution in [0.5, 0.6) is 0 Å². The van der Waals surface area contributed by atoms with Crippen molar-refractivity contribution < 1.29 is 9.21 Å². The standard InChI is InChI=1S/C20H21N3O2S/c1-13-7-9-16(10-8-13)12-21-18(24)15(3)26-20-23-22-19(25-20)17-6-4-5-14(2)11-17/h4-11,15H,12H2,1-3H3,(H,21,24)/t15-/m1/s1. The van der Waals surface area contributed by atoms with E-state index in [-0.39, 0.29) is 11.2 Å². The minimum absolute atomic E-state index is 0.0640. The Morgan fingerprint density at radius 2 is 1.88 bits per heavy atom. The van der Waals surface area contributed by atoms with Crippen LogP contribution in [0.15, 0.2) is 58.2 Å². The minimum Gasteiger partial charge on any atom is -0.411 e. The predicted octanol–water partition coefficient (Wildman–Crippen LogP) is 4.15. The van der Waals surface area contributed by atoms with Crippen LogP contribution in [0.2, 0.25) is 0 Å². The SMILES string of the molecule is Cc1ccc(CNC(=O)[C@@H](C)Sc2nnc(-c3cccc(C)c3)o2)cc1. The molecule has 1 heterocycles. The lowest BCUT2D eigenvalue weighted by Gasteiger charge is -2.10. The van der Waals surface area contributed by atoms with Crippen LogP contribution >= 0.6 is 11.8 Å². The lowest BCUT2D eigenvalue weighted by molar-refractivity contribution is -0.120. The quantitative estimate of drug-likeness (QED) is 0.663. The van der Waals surface area contributed by atoms with Crippen molar-refractivity contribution in [2.75, 3.05) is 0 Å². The van der Waals surface area contributed by atoms with Crippen LogP contribution in [0.1, 0.15) is 23.6 Å². The number of nitrogens with zero attached hydrogens (tertiary/aromatic N) is 2. The first kappa shape index (κ1) is 18.2. The number of carbonyl (C=O) groups is 1. The molecular weight excluding hydrogens is 346 g/mol. The van der Waals surface area contributed by atoms with Crippen molar-refractivity contribution >= 4 is 17.7 Å². The van der Waals surface area contributed by atoms with E-state index in [0.717, 1.165) is 16.7 Å². The molecule has 0 unspecified atom stereocenters. The number of aryl methyl sites for hydroxylation is 2. The summed E-state index contributed by atoms with van der Waals surface area (Å²) < 4.78 is 5.68. The molecule has 134 valence electrons. The van der Waals surface area contributed by atoms with E-state index in [4.69, 9.17) is 4.42 Å². The van der Waals surface area contributed by atoms with Gasteiger partial charge in [-0.05, 0) is 38.5 Å². The smallest absolute Gasteiger partial charge is 0.277 e. The van der Waals surface area contributed by atoms with Crippen LogP contribution in [0.25, 0.3) is 11.5 Å². The number of benzene rings is 2. The Morgan fingerprint density at radius 3 is 2.62 bits per heavy atom. The molecule has 0 spiro atoms. The molecule has 0 radical (unpaired) electrons. The van der Waals surface area contributed by atoms with E-state index in [1.54, 1.807) is 0 Å². The zero-order valence-electron chi connectivity index (χ0n) is 15.0. The van der Waals surface area contributed by atoms with Crippen LogP contribution < -0.4 is 5.32 Å². The van der Waals surface area contributed by atoms with Gasteiger partial charge in [0.15, 0.2) is 0 Å². The second-order valence-corrected chi connectivity index (χ2v) is 7.50. The first-order chi connectivity index (χ1) is 12.5. The number of nitrogens with one attached hydrogen (secondary N) is 1. The van der Waals surface area contributed by atoms with Gasteiger partial charge >= 0.3 is 0 Å². The van der Waals surface area contributed by atoms with Crippen molar-refractivity contribution in [1.29, 1.82) is 0 Å². The molecule has 5 nitrogen and oxygen atoms in total. The average Bonchev–Trinajstić information content (AvgIpc) is 3.09. The van der Waals surface area contributed by atoms with Gasteiger partial charge < -0.3 is 9.73 Å². The van der Waals surface area contributed by atoms with Gasteiger partial charge in [-0.2, -0.15) is 0 Å². The van der Waals surface area contributed by atoms with Gasteiger partial charge in [0.05, 0.1) is 5.25 Å². The summed E-state index contributed by atoms with van der Waals surface area (Å²) in [5, 5.41) is 11.1. The van der Waals surface area contributed by atoms with E-state index in [2.05, 4.69) is 15.5 Å². The summed E-state index contributed by atoms with van der Waals surface area (Å²) in [6, 6.07) is 16.0. The van der Waals surface area contributed by atoms with Gasteiger partial charge in [-0.3, -0.25) is 4.79 Å². The molecule has 1 atom stereocenters. The number of rotatable bonds is 6. The Hall–Kier alpha value is -2.60. The van der Waals surface area contributed by atoms with Crippen molar-refractivity contribution in [2.45, 2.75) is 37.8 Å². The zero-order valence-corrected chi connectivity index (χ0v) is 15.8. The summed E-state index contributed by atoms with van der Waals surface area (Å²) in [7, 11) is 0. The highest BCUT2D eigenvalue weighted by Gasteiger charge is 2.18. The molecule has 0 aliphatic carbocycles. The number of thioether (sulfide) groups is 1. The van der Waals surface area contributed by atoms with Gasteiger partial charge in [0.25, 0.3) is 5.22 Å². The van der Waals surface area contributed by atoms with E-state index < -0.39 is 0 Å². The van der Waals surface area contributed by atoms with Crippen molar-refractivity contribution in [3.8, 4) is 11.5 Å². The highest BCUT2D eigenvalue weighted by Crippen LogP contribution is 2.26. The van der Waals surface area contributed by atoms with Crippen molar-refractivity contribution in [3.63, 3.8) is 0 Å². The number of hydrogen-bond acceptors (Lipinski definition) is 5. The molecule has 0 saturated carbocycles. The second kappa shape index (κ2) is 8.19. The summed E-state index contributed by atoms with van der Waals surface area (Å²) in [6.45, 7) is 6.38. The fourth-order valence-corrected chi connectivity index (χ4v) is 3.10. The van der Waals surface area contributed by atoms with Gasteiger partial charge in [0.2, 0.25) is 11.8 Å². The summed E-state index contributed by atoms with van der Waals surface area (Å²) in [6.07, 6.45) is 0. The fourth-order valence-electron chi connectivity index (χ4n) is 2.40. The van der Waals surface area contributed by atoms with E-state index >= 15 is 0 Å². The molecule has 3 aromatic rings. The third-order valence-corrected chi connectivity index (χ3v) is 4.84. The lowest BCUT2D eigenvalue weighted by atomic mass is 10.1. The summed E-state index contributed by atoms with van der Waals surface area (Å²) in [5.41, 5.74) is 4.27. The van der Waals surface area contributed by atoms with Gasteiger partial charge in [-0.1, -0.05) is 59.3 Å². The molecule has 0 fully saturated rings. The van der Waals surface area contributed by atoms with Gasteiger partial charge in [-0.15, -0.1) is 10.2 Å². The molecule has 26 heavy (non-hydrogen) atoms. The number of carbonyl (C=O) groups excluding carboxylic acids is 1. The highest BCUT2D eigenvalue weighted by molar-refractivity contribution is 8.00. The van der Waals surface area contributed by atoms with Gasteiger partial charge in [0.1, 0.15) is 0 Å². The lowest BCUT2D eigenvalue weighted by Crippen LogP contribution is -2.30. The van der Waals surface area contributed by atoms with Crippen LogP contribution in [0.3, 0.4) is 0 Å². The number of amides is 1. The second-order valence-electron chi connectivity index (χ2n) is 6.21. The van der Waals surface area contributed by atoms with E-state index in [0.29, 0.717) is 17.7 Å².